The van der Waals surface area contributed by atoms with Crippen LogP contribution in [-0.4, -0.2) is 27.4 Å². The Morgan fingerprint density at radius 2 is 0.447 bits per heavy atom. The number of para-hydroxylation sites is 10. The van der Waals surface area contributed by atoms with Crippen LogP contribution >= 0.6 is 0 Å². The molecule has 27 aromatic rings. The van der Waals surface area contributed by atoms with E-state index in [0.29, 0.717) is 50.7 Å². The highest BCUT2D eigenvalue weighted by atomic mass is 15.0. The van der Waals surface area contributed by atoms with Gasteiger partial charge in [0.1, 0.15) is 0 Å². The highest BCUT2D eigenvalue weighted by Crippen LogP contribution is 2.51. The van der Waals surface area contributed by atoms with Gasteiger partial charge in [0.2, 0.25) is 22.7 Å². The normalized spacial score (nSPS) is 11.1. The van der Waals surface area contributed by atoms with E-state index in [1.165, 1.54) is 0 Å². The number of aromatic nitrogens is 6. The third-order valence-corrected chi connectivity index (χ3v) is 28.8. The molecule has 21 aromatic carbocycles. The van der Waals surface area contributed by atoms with Crippen LogP contribution in [0.1, 0.15) is 22.3 Å². The van der Waals surface area contributed by atoms with Gasteiger partial charge in [0, 0.05) is 70.9 Å². The minimum Gasteiger partial charge on any atom is -0.319 e. The van der Waals surface area contributed by atoms with E-state index in [-0.39, 0.29) is 0 Å². The molecule has 690 valence electrons. The molecule has 0 unspecified atom stereocenters. The number of fused-ring (bicyclic) bond motifs is 18. The smallest absolute Gasteiger partial charge is 0.211 e. The van der Waals surface area contributed by atoms with Gasteiger partial charge in [0.05, 0.1) is 163 Å². The second-order valence-corrected chi connectivity index (χ2v) is 36.7. The highest BCUT2D eigenvalue weighted by molar-refractivity contribution is 6.18. The van der Waals surface area contributed by atoms with E-state index in [1.54, 1.807) is 0 Å². The molecule has 150 heavy (non-hydrogen) atoms. The molecule has 0 aliphatic heterocycles. The zero-order chi connectivity index (χ0) is 101. The maximum atomic E-state index is 10.1. The lowest BCUT2D eigenvalue weighted by Crippen LogP contribution is -1.99. The molecule has 0 aliphatic carbocycles. The summed E-state index contributed by atoms with van der Waals surface area (Å²) >= 11 is 0. The van der Waals surface area contributed by atoms with Crippen molar-refractivity contribution >= 4 is 159 Å². The topological polar surface area (TPSA) is 147 Å². The van der Waals surface area contributed by atoms with Crippen LogP contribution in [0, 0.1) is 78.2 Å². The minimum absolute atomic E-state index is 0.531. The molecule has 0 fully saturated rings. The van der Waals surface area contributed by atoms with Crippen molar-refractivity contribution in [2.75, 3.05) is 0 Å². The van der Waals surface area contributed by atoms with Crippen molar-refractivity contribution in [2.45, 2.75) is 0 Å². The second kappa shape index (κ2) is 37.0. The summed E-state index contributed by atoms with van der Waals surface area (Å²) in [6.07, 6.45) is 0. The Bertz CT molecular complexity index is 10700. The van der Waals surface area contributed by atoms with Crippen molar-refractivity contribution in [3.05, 3.63) is 534 Å². The summed E-state index contributed by atoms with van der Waals surface area (Å²) in [4.78, 5) is 19.6. The van der Waals surface area contributed by atoms with Crippen molar-refractivity contribution in [2.24, 2.45) is 0 Å². The number of benzene rings is 21. The van der Waals surface area contributed by atoms with Gasteiger partial charge >= 0.3 is 0 Å². The van der Waals surface area contributed by atoms with Crippen molar-refractivity contribution in [1.29, 1.82) is 21.0 Å². The maximum Gasteiger partial charge on any atom is 0.211 e. The standard InChI is InChI=1S/3C45H25N5/c1-47-39-17-10-16-37-38-27-29(28-46)21-26-43(38)49(44(37)39)31-24-22-30(23-25-31)32-11-3-4-12-33(32)36-15-9-18-40(48-2)45(36)50-41-19-7-5-13-34(41)35-14-6-8-20-42(35)50;1-47-31-21-25-44-39(27-31)36-13-6-8-17-42(36)50(44)45-37(14-9-15-40(45)48-2)34-11-4-3-10-33(34)30-19-22-32(23-20-30)49-41-16-7-5-12-35(41)38-26-29(28-46)18-24-43(38)49;1-48-39-16-9-15-36(45(39)50-41-18-7-5-14-37(41)44-31(28-47)10-8-19-43(44)50)34-12-3-2-11-33(34)30-21-23-32(24-22-30)49-40-17-6-4-13-35(40)38-26-29(27-46)20-25-42(38)49/h2*3-27H;2-26H. The van der Waals surface area contributed by atoms with Crippen LogP contribution in [0.4, 0.5) is 28.4 Å². The van der Waals surface area contributed by atoms with Gasteiger partial charge in [-0.05, 0) is 229 Å². The first-order valence-electron chi connectivity index (χ1n) is 48.7. The number of nitrogens with zero attached hydrogens (tertiary/aromatic N) is 15. The van der Waals surface area contributed by atoms with Gasteiger partial charge in [-0.2, -0.15) is 21.0 Å². The van der Waals surface area contributed by atoms with Crippen molar-refractivity contribution in [3.8, 4) is 125 Å². The van der Waals surface area contributed by atoms with Crippen LogP contribution in [0.3, 0.4) is 0 Å². The van der Waals surface area contributed by atoms with Gasteiger partial charge in [-0.1, -0.05) is 303 Å². The molecule has 15 heteroatoms. The summed E-state index contributed by atoms with van der Waals surface area (Å²) in [6, 6.07) is 162. The molecule has 0 N–H and O–H groups in total. The molecule has 0 saturated heterocycles. The van der Waals surface area contributed by atoms with Crippen molar-refractivity contribution in [1.82, 2.24) is 27.4 Å². The van der Waals surface area contributed by atoms with E-state index in [4.69, 9.17) is 32.9 Å². The monoisotopic (exact) mass is 1910 g/mol. The van der Waals surface area contributed by atoms with Gasteiger partial charge in [0.25, 0.3) is 0 Å². The predicted molar refractivity (Wildman–Crippen MR) is 608 cm³/mol. The van der Waals surface area contributed by atoms with Gasteiger partial charge in [-0.3, -0.25) is 0 Å². The lowest BCUT2D eigenvalue weighted by atomic mass is 9.93. The van der Waals surface area contributed by atoms with Gasteiger partial charge in [-0.25, -0.2) is 24.2 Å². The Labute approximate surface area is 861 Å². The molecule has 0 amide bonds. The Morgan fingerprint density at radius 1 is 0.180 bits per heavy atom. The first-order chi connectivity index (χ1) is 74.1. The highest BCUT2D eigenvalue weighted by Gasteiger charge is 2.28. The predicted octanol–water partition coefficient (Wildman–Crippen LogP) is 35.9. The molecule has 6 aromatic heterocycles. The fraction of sp³-hybridized carbons (Fsp3) is 0. The minimum atomic E-state index is 0.531. The third-order valence-electron chi connectivity index (χ3n) is 28.8. The van der Waals surface area contributed by atoms with E-state index in [1.807, 2.05) is 243 Å². The number of nitriles is 4. The molecule has 27 rings (SSSR count). The summed E-state index contributed by atoms with van der Waals surface area (Å²) in [5.74, 6) is 0. The molecule has 15 nitrogen and oxygen atoms in total. The Kier molecular flexibility index (Phi) is 22.0. The zero-order valence-electron chi connectivity index (χ0n) is 80.0. The third kappa shape index (κ3) is 14.6. The van der Waals surface area contributed by atoms with Gasteiger partial charge in [-0.15, -0.1) is 0 Å². The molecular weight excluding hydrogens is 1830 g/mol. The van der Waals surface area contributed by atoms with Crippen LogP contribution in [0.15, 0.2) is 455 Å². The lowest BCUT2D eigenvalue weighted by Gasteiger charge is -2.19. The zero-order valence-corrected chi connectivity index (χ0v) is 80.0. The SMILES string of the molecule is [C-]#[N+]c1ccc2c(c1)c1ccccc1n2-c1c([N+]#[C-])cccc1-c1ccccc1-c1ccc(-n2c3ccccc3c3cc(C#N)ccc32)cc1.[C-]#[N+]c1cccc(-c2ccccc2-c2ccc(-n3c4ccc(C#N)cc4c4cccc([N+]#[C-])c43)cc2)c1-n1c2ccccc2c2ccccc21.[C-]#[N+]c1cccc(-c2ccccc2-c2ccc(-n3c4ccccc4c4cc(C#N)ccc43)cc2)c1-n1c2ccccc2c2c(C#N)cccc21. The van der Waals surface area contributed by atoms with Crippen molar-refractivity contribution < 1.29 is 0 Å². The number of hydrogen-bond donors (Lipinski definition) is 0. The summed E-state index contributed by atoms with van der Waals surface area (Å²) in [6.45, 7) is 40.2. The number of rotatable bonds is 12. The molecule has 0 atom stereocenters. The first kappa shape index (κ1) is 89.2. The average Bonchev–Trinajstić information content (AvgIpc) is 1.55. The Balaban J connectivity index is 0.000000116. The average molecular weight is 1910 g/mol. The summed E-state index contributed by atoms with van der Waals surface area (Å²) in [7, 11) is 0. The van der Waals surface area contributed by atoms with Crippen LogP contribution in [0.25, 0.3) is 256 Å². The first-order valence-corrected chi connectivity index (χ1v) is 48.7. The summed E-state index contributed by atoms with van der Waals surface area (Å²) in [5.41, 5.74) is 34.8. The van der Waals surface area contributed by atoms with E-state index in [2.05, 4.69) is 288 Å². The molecule has 0 saturated carbocycles. The van der Waals surface area contributed by atoms with Crippen LogP contribution in [0.5, 0.6) is 0 Å². The van der Waals surface area contributed by atoms with E-state index < -0.39 is 0 Å². The molecule has 6 heterocycles. The fourth-order valence-electron chi connectivity index (χ4n) is 22.4. The van der Waals surface area contributed by atoms with Crippen molar-refractivity contribution in [3.63, 3.8) is 0 Å². The van der Waals surface area contributed by atoms with Crippen LogP contribution in [0.2, 0.25) is 0 Å². The molecule has 0 radical (unpaired) electrons. The summed E-state index contributed by atoms with van der Waals surface area (Å²) < 4.78 is 13.2. The van der Waals surface area contributed by atoms with E-state index in [9.17, 15) is 21.0 Å². The van der Waals surface area contributed by atoms with Gasteiger partial charge < -0.3 is 27.4 Å². The fourth-order valence-corrected chi connectivity index (χ4v) is 22.4. The number of hydrogen-bond acceptors (Lipinski definition) is 4. The van der Waals surface area contributed by atoms with Gasteiger partial charge in [0.15, 0.2) is 5.69 Å². The quantitative estimate of drug-likeness (QED) is 0.112. The summed E-state index contributed by atoms with van der Waals surface area (Å²) in [5, 5.41) is 51.2. The van der Waals surface area contributed by atoms with E-state index >= 15 is 0 Å². The largest absolute Gasteiger partial charge is 0.319 e. The molecule has 0 aliphatic rings. The molecular formula is C135H75N15. The molecule has 0 spiro atoms. The van der Waals surface area contributed by atoms with E-state index in [0.717, 1.165) is 232 Å². The Morgan fingerprint density at radius 3 is 0.827 bits per heavy atom. The van der Waals surface area contributed by atoms with Crippen LogP contribution in [-0.2, 0) is 0 Å². The molecule has 0 bridgehead atoms. The second-order valence-electron chi connectivity index (χ2n) is 36.7. The maximum absolute atomic E-state index is 10.1. The van der Waals surface area contributed by atoms with Crippen LogP contribution < -0.4 is 0 Å². The lowest BCUT2D eigenvalue weighted by molar-refractivity contribution is 1.18. The Hall–Kier alpha value is -22.2.